The first-order valence-electron chi connectivity index (χ1n) is 9.79. The molecule has 5 N–H and O–H groups in total. The number of rotatable bonds is 6. The van der Waals surface area contributed by atoms with E-state index in [4.69, 9.17) is 22.1 Å². The summed E-state index contributed by atoms with van der Waals surface area (Å²) in [5.74, 6) is -2.21. The first-order chi connectivity index (χ1) is 15.4. The molecule has 180 valence electrons. The molecule has 8 nitrogen and oxygen atoms in total. The summed E-state index contributed by atoms with van der Waals surface area (Å²) in [4.78, 5) is 21.0. The highest BCUT2D eigenvalue weighted by molar-refractivity contribution is 8.26. The van der Waals surface area contributed by atoms with E-state index >= 15 is 0 Å². The van der Waals surface area contributed by atoms with Crippen LogP contribution in [0.2, 0.25) is 5.02 Å². The fraction of sp³-hybridized carbons (Fsp3) is 0.381. The molecule has 0 spiro atoms. The summed E-state index contributed by atoms with van der Waals surface area (Å²) >= 11 is 5.94. The van der Waals surface area contributed by atoms with Crippen LogP contribution >= 0.6 is 22.2 Å². The number of carbonyl (C=O) groups is 1. The van der Waals surface area contributed by atoms with Crippen LogP contribution in [0, 0.1) is 5.82 Å². The van der Waals surface area contributed by atoms with Gasteiger partial charge in [0, 0.05) is 30.1 Å². The van der Waals surface area contributed by atoms with Crippen molar-refractivity contribution in [2.24, 2.45) is 10.7 Å². The van der Waals surface area contributed by atoms with E-state index in [1.54, 1.807) is 0 Å². The van der Waals surface area contributed by atoms with Gasteiger partial charge in [-0.1, -0.05) is 11.6 Å². The molecule has 1 amide bonds. The third-order valence-electron chi connectivity index (χ3n) is 5.60. The second-order valence-electron chi connectivity index (χ2n) is 8.23. The van der Waals surface area contributed by atoms with E-state index in [9.17, 15) is 22.7 Å². The molecule has 2 aromatic rings. The Morgan fingerprint density at radius 2 is 2.06 bits per heavy atom. The van der Waals surface area contributed by atoms with E-state index in [0.717, 1.165) is 6.07 Å². The number of nitrogens with one attached hydrogen (secondary N) is 1. The van der Waals surface area contributed by atoms with E-state index in [1.807, 2.05) is 0 Å². The molecular weight excluding hydrogens is 478 g/mol. The molecule has 1 atom stereocenters. The number of anilines is 1. The number of ether oxygens (including phenoxy) is 1. The van der Waals surface area contributed by atoms with Gasteiger partial charge in [0.1, 0.15) is 34.3 Å². The van der Waals surface area contributed by atoms with Crippen molar-refractivity contribution in [3.8, 4) is 0 Å². The quantitative estimate of drug-likeness (QED) is 0.465. The zero-order valence-electron chi connectivity index (χ0n) is 18.2. The molecule has 1 aromatic carbocycles. The molecule has 0 radical (unpaired) electrons. The molecule has 0 unspecified atom stereocenters. The van der Waals surface area contributed by atoms with Crippen molar-refractivity contribution >= 4 is 39.6 Å². The highest BCUT2D eigenvalue weighted by atomic mass is 35.5. The predicted octanol–water partition coefficient (Wildman–Crippen LogP) is 4.34. The molecule has 0 aliphatic carbocycles. The second kappa shape index (κ2) is 9.15. The summed E-state index contributed by atoms with van der Waals surface area (Å²) in [6.07, 6.45) is 1.30. The number of nitrogens with two attached hydrogens (primary N) is 1. The van der Waals surface area contributed by atoms with Crippen LogP contribution in [0.25, 0.3) is 0 Å². The van der Waals surface area contributed by atoms with Crippen LogP contribution < -0.4 is 11.1 Å². The maximum atomic E-state index is 14.8. The van der Waals surface area contributed by atoms with Crippen LogP contribution in [0.3, 0.4) is 0 Å². The molecule has 1 aromatic heterocycles. The largest absolute Gasteiger partial charge is 0.386 e. The Morgan fingerprint density at radius 3 is 2.67 bits per heavy atom. The highest BCUT2D eigenvalue weighted by Crippen LogP contribution is 2.59. The van der Waals surface area contributed by atoms with Crippen LogP contribution in [0.15, 0.2) is 35.5 Å². The average Bonchev–Trinajstić information content (AvgIpc) is 2.73. The molecule has 2 heterocycles. The summed E-state index contributed by atoms with van der Waals surface area (Å²) in [5.41, 5.74) is 4.33. The lowest BCUT2D eigenvalue weighted by Gasteiger charge is -2.53. The molecule has 1 aliphatic rings. The lowest BCUT2D eigenvalue weighted by atomic mass is 9.92. The van der Waals surface area contributed by atoms with Crippen molar-refractivity contribution in [1.82, 2.24) is 4.98 Å². The van der Waals surface area contributed by atoms with Crippen LogP contribution in [-0.2, 0) is 16.9 Å². The van der Waals surface area contributed by atoms with Crippen LogP contribution in [0.5, 0.6) is 0 Å². The fourth-order valence-corrected chi connectivity index (χ4v) is 5.34. The summed E-state index contributed by atoms with van der Waals surface area (Å²) in [7, 11) is -2.02. The minimum absolute atomic E-state index is 0.0446. The number of halogens is 3. The highest BCUT2D eigenvalue weighted by Gasteiger charge is 2.51. The van der Waals surface area contributed by atoms with Gasteiger partial charge in [0.05, 0.1) is 17.4 Å². The van der Waals surface area contributed by atoms with E-state index in [0.29, 0.717) is 10.6 Å². The zero-order chi connectivity index (χ0) is 24.6. The van der Waals surface area contributed by atoms with E-state index in [-0.39, 0.29) is 29.4 Å². The summed E-state index contributed by atoms with van der Waals surface area (Å²) in [6.45, 7) is 1.81. The molecule has 0 saturated carbocycles. The van der Waals surface area contributed by atoms with Gasteiger partial charge in [0.2, 0.25) is 0 Å². The van der Waals surface area contributed by atoms with Gasteiger partial charge in [-0.2, -0.15) is 10.6 Å². The zero-order valence-corrected chi connectivity index (χ0v) is 19.8. The Hall–Kier alpha value is -2.31. The second-order valence-corrected chi connectivity index (χ2v) is 11.3. The van der Waals surface area contributed by atoms with Crippen LogP contribution in [-0.4, -0.2) is 50.1 Å². The maximum Gasteiger partial charge on any atom is 0.274 e. The minimum atomic E-state index is -3.48. The van der Waals surface area contributed by atoms with Crippen molar-refractivity contribution in [3.63, 3.8) is 0 Å². The monoisotopic (exact) mass is 502 g/mol. The number of nitrogens with zero attached hydrogens (tertiary/aromatic N) is 2. The molecule has 0 fully saturated rings. The molecule has 33 heavy (non-hydrogen) atoms. The Morgan fingerprint density at radius 1 is 1.36 bits per heavy atom. The predicted molar refractivity (Wildman–Crippen MR) is 125 cm³/mol. The Labute approximate surface area is 196 Å². The van der Waals surface area contributed by atoms with E-state index < -0.39 is 45.0 Å². The summed E-state index contributed by atoms with van der Waals surface area (Å²) in [5, 5.41) is 2.91. The number of carbonyl (C=O) groups excluding carboxylic acids is 1. The SMILES string of the molecule is COCc1cc(Cl)cnc1C(=O)Nc1ccc(F)c([C@@]2(CF)CS(O)(O)C(C)(C)C(N)=N2)c1. The smallest absolute Gasteiger partial charge is 0.274 e. The van der Waals surface area contributed by atoms with Gasteiger partial charge in [-0.25, -0.2) is 13.8 Å². The normalized spacial score (nSPS) is 22.4. The number of benzene rings is 1. The number of hydrogen-bond acceptors (Lipinski definition) is 7. The van der Waals surface area contributed by atoms with E-state index in [1.165, 1.54) is 45.4 Å². The summed E-state index contributed by atoms with van der Waals surface area (Å²) in [6, 6.07) is 5.05. The number of pyridine rings is 1. The number of amidine groups is 1. The molecule has 0 saturated heterocycles. The lowest BCUT2D eigenvalue weighted by Crippen LogP contribution is -2.53. The van der Waals surface area contributed by atoms with Crippen molar-refractivity contribution < 1.29 is 27.4 Å². The van der Waals surface area contributed by atoms with Gasteiger partial charge >= 0.3 is 0 Å². The van der Waals surface area contributed by atoms with Crippen molar-refractivity contribution in [1.29, 1.82) is 0 Å². The number of aromatic nitrogens is 1. The molecule has 12 heteroatoms. The number of alkyl halides is 1. The third-order valence-corrected chi connectivity index (χ3v) is 8.53. The topological polar surface area (TPSA) is 130 Å². The van der Waals surface area contributed by atoms with Crippen molar-refractivity contribution in [2.75, 3.05) is 24.9 Å². The maximum absolute atomic E-state index is 14.8. The third kappa shape index (κ3) is 4.69. The number of amides is 1. The van der Waals surface area contributed by atoms with Gasteiger partial charge in [0.15, 0.2) is 0 Å². The molecule has 3 rings (SSSR count). The molecule has 0 bridgehead atoms. The first kappa shape index (κ1) is 25.3. The van der Waals surface area contributed by atoms with Gasteiger partial charge in [0.25, 0.3) is 5.91 Å². The lowest BCUT2D eigenvalue weighted by molar-refractivity contribution is 0.101. The van der Waals surface area contributed by atoms with Gasteiger partial charge in [-0.3, -0.25) is 18.9 Å². The first-order valence-corrected chi connectivity index (χ1v) is 11.9. The van der Waals surface area contributed by atoms with Crippen LogP contribution in [0.1, 0.15) is 35.5 Å². The Bertz CT molecular complexity index is 1120. The van der Waals surface area contributed by atoms with Gasteiger partial charge < -0.3 is 15.8 Å². The van der Waals surface area contributed by atoms with Crippen molar-refractivity contribution in [3.05, 3.63) is 58.1 Å². The fourth-order valence-electron chi connectivity index (χ4n) is 3.46. The number of methoxy groups -OCH3 is 1. The van der Waals surface area contributed by atoms with Crippen LogP contribution in [0.4, 0.5) is 14.5 Å². The summed E-state index contributed by atoms with van der Waals surface area (Å²) < 4.78 is 54.2. The van der Waals surface area contributed by atoms with Crippen molar-refractivity contribution in [2.45, 2.75) is 30.7 Å². The Kier molecular flexibility index (Phi) is 7.02. The molecular formula is C21H25ClF2N4O4S. The Balaban J connectivity index is 2.01. The van der Waals surface area contributed by atoms with Gasteiger partial charge in [-0.15, -0.1) is 0 Å². The minimum Gasteiger partial charge on any atom is -0.386 e. The molecule has 1 aliphatic heterocycles. The number of aliphatic imine (C=N–C) groups is 1. The van der Waals surface area contributed by atoms with E-state index in [2.05, 4.69) is 15.3 Å². The standard InChI is InChI=1S/C21H25ClF2N4O4S/c1-20(2)19(25)28-21(10-23,11-33(20,30)31)15-7-14(4-5-16(15)24)27-18(29)17-12(9-32-3)6-13(22)8-26-17/h4-8,30-31H,9-11H2,1-3H3,(H2,25,28)(H,27,29)/t21-/m1/s1. The average molecular weight is 503 g/mol. The number of hydrogen-bond donors (Lipinski definition) is 4. The van der Waals surface area contributed by atoms with Gasteiger partial charge in [-0.05, 0) is 38.1 Å².